The van der Waals surface area contributed by atoms with E-state index < -0.39 is 39.4 Å². The molecule has 1 saturated heterocycles. The van der Waals surface area contributed by atoms with Gasteiger partial charge in [0.05, 0.1) is 24.2 Å². The van der Waals surface area contributed by atoms with Crippen LogP contribution in [-0.4, -0.2) is 56.7 Å². The van der Waals surface area contributed by atoms with Crippen LogP contribution < -0.4 is 0 Å². The minimum Gasteiger partial charge on any atom is -0.550 e. The summed E-state index contributed by atoms with van der Waals surface area (Å²) in [5.41, 5.74) is -0.784. The first kappa shape index (κ1) is 35.3. The molecule has 0 radical (unpaired) electrons. The first-order chi connectivity index (χ1) is 18.5. The third-order valence-electron chi connectivity index (χ3n) is 9.88. The molecule has 9 heteroatoms. The molecule has 0 N–H and O–H groups in total. The Morgan fingerprint density at radius 1 is 1.02 bits per heavy atom. The second kappa shape index (κ2) is 12.0. The fourth-order valence-corrected chi connectivity index (χ4v) is 10.9. The number of ether oxygens (including phenoxy) is 1. The quantitative estimate of drug-likeness (QED) is 0.0920. The zero-order valence-electron chi connectivity index (χ0n) is 28.7. The van der Waals surface area contributed by atoms with Crippen LogP contribution in [-0.2, 0) is 27.9 Å². The SMILES string of the molecule is CCCCC(C)(C)C(C=C(O[SiH](C)C)[C@H]1[C@H](C(C)(C)C)C[C@@]2(O[SiH](C)C)C3OC3(COS(C)(=O)=O)C[C@@H]12)C(C)(C)C. The molecule has 240 valence electrons. The maximum Gasteiger partial charge on any atom is 0.264 e. The van der Waals surface area contributed by atoms with Crippen LogP contribution in [0.25, 0.3) is 0 Å². The van der Waals surface area contributed by atoms with Gasteiger partial charge in [-0.1, -0.05) is 75.2 Å². The lowest BCUT2D eigenvalue weighted by molar-refractivity contribution is -0.0165. The third-order valence-corrected chi connectivity index (χ3v) is 12.1. The molecule has 3 unspecified atom stereocenters. The lowest BCUT2D eigenvalue weighted by Crippen LogP contribution is -2.44. The largest absolute Gasteiger partial charge is 0.550 e. The molecular formula is C32H62O6SSi2. The van der Waals surface area contributed by atoms with Crippen molar-refractivity contribution in [2.45, 2.75) is 138 Å². The maximum absolute atomic E-state index is 12.0. The van der Waals surface area contributed by atoms with Crippen LogP contribution in [0.1, 0.15) is 94.4 Å². The number of epoxide rings is 1. The van der Waals surface area contributed by atoms with Gasteiger partial charge in [-0.3, -0.25) is 4.18 Å². The number of fused-ring (bicyclic) bond motifs is 3. The van der Waals surface area contributed by atoms with E-state index in [0.717, 1.165) is 24.9 Å². The zero-order valence-corrected chi connectivity index (χ0v) is 31.8. The van der Waals surface area contributed by atoms with E-state index in [9.17, 15) is 8.42 Å². The Bertz CT molecular complexity index is 1060. The van der Waals surface area contributed by atoms with Crippen LogP contribution in [0, 0.1) is 39.9 Å². The van der Waals surface area contributed by atoms with Gasteiger partial charge in [0.25, 0.3) is 10.1 Å². The van der Waals surface area contributed by atoms with Crippen molar-refractivity contribution >= 4 is 28.2 Å². The molecule has 6 nitrogen and oxygen atoms in total. The van der Waals surface area contributed by atoms with Crippen LogP contribution in [0.15, 0.2) is 11.8 Å². The summed E-state index contributed by atoms with van der Waals surface area (Å²) in [6.45, 7) is 30.4. The van der Waals surface area contributed by atoms with Crippen molar-refractivity contribution < 1.29 is 26.2 Å². The molecule has 0 amide bonds. The zero-order chi connectivity index (χ0) is 31.4. The van der Waals surface area contributed by atoms with E-state index in [2.05, 4.69) is 94.6 Å². The molecule has 3 fully saturated rings. The predicted molar refractivity (Wildman–Crippen MR) is 175 cm³/mol. The number of allylic oxidation sites excluding steroid dienone is 2. The van der Waals surface area contributed by atoms with Crippen LogP contribution >= 0.6 is 0 Å². The Hall–Kier alpha value is -0.196. The molecule has 41 heavy (non-hydrogen) atoms. The van der Waals surface area contributed by atoms with E-state index in [1.807, 2.05) is 0 Å². The third kappa shape index (κ3) is 7.73. The second-order valence-electron chi connectivity index (χ2n) is 16.8. The molecule has 1 heterocycles. The van der Waals surface area contributed by atoms with E-state index in [1.165, 1.54) is 19.3 Å². The number of rotatable bonds is 13. The topological polar surface area (TPSA) is 74.4 Å². The lowest BCUT2D eigenvalue weighted by atomic mass is 9.62. The van der Waals surface area contributed by atoms with Crippen molar-refractivity contribution in [1.29, 1.82) is 0 Å². The average Bonchev–Trinajstić information content (AvgIpc) is 3.31. The van der Waals surface area contributed by atoms with Crippen LogP contribution in [0.2, 0.25) is 26.2 Å². The Kier molecular flexibility index (Phi) is 10.3. The van der Waals surface area contributed by atoms with Gasteiger partial charge in [-0.2, -0.15) is 8.42 Å². The Labute approximate surface area is 256 Å². The normalized spacial score (nSPS) is 33.3. The van der Waals surface area contributed by atoms with Crippen molar-refractivity contribution in [2.75, 3.05) is 12.9 Å². The maximum atomic E-state index is 12.0. The highest BCUT2D eigenvalue weighted by atomic mass is 32.2. The number of hydrogen-bond acceptors (Lipinski definition) is 6. The smallest absolute Gasteiger partial charge is 0.264 e. The lowest BCUT2D eigenvalue weighted by Gasteiger charge is -2.43. The van der Waals surface area contributed by atoms with Crippen molar-refractivity contribution in [1.82, 2.24) is 0 Å². The van der Waals surface area contributed by atoms with Crippen LogP contribution in [0.5, 0.6) is 0 Å². The first-order valence-corrected chi connectivity index (χ1v) is 23.5. The van der Waals surface area contributed by atoms with Gasteiger partial charge in [0, 0.05) is 11.8 Å². The summed E-state index contributed by atoms with van der Waals surface area (Å²) in [4.78, 5) is 0. The summed E-state index contributed by atoms with van der Waals surface area (Å²) in [5.74, 6) is 2.25. The molecule has 3 rings (SSSR count). The van der Waals surface area contributed by atoms with Crippen LogP contribution in [0.3, 0.4) is 0 Å². The van der Waals surface area contributed by atoms with Crippen LogP contribution in [0.4, 0.5) is 0 Å². The Morgan fingerprint density at radius 3 is 2.10 bits per heavy atom. The highest BCUT2D eigenvalue weighted by molar-refractivity contribution is 7.85. The summed E-state index contributed by atoms with van der Waals surface area (Å²) in [6.07, 6.45) is 8.77. The predicted octanol–water partition coefficient (Wildman–Crippen LogP) is 7.30. The van der Waals surface area contributed by atoms with E-state index in [1.54, 1.807) is 0 Å². The van der Waals surface area contributed by atoms with E-state index >= 15 is 0 Å². The Balaban J connectivity index is 2.18. The van der Waals surface area contributed by atoms with Gasteiger partial charge in [0.1, 0.15) is 11.7 Å². The fraction of sp³-hybridized carbons (Fsp3) is 0.938. The second-order valence-corrected chi connectivity index (χ2v) is 23.1. The minimum atomic E-state index is -3.57. The van der Waals surface area contributed by atoms with Gasteiger partial charge in [-0.15, -0.1) is 0 Å². The standard InChI is InChI=1S/C32H62O6SSi2/c1-15-16-17-30(8,9)25(29(5,6)7)18-24(37-40(11)12)26-22(28(2,3)4)20-32(38-41(13)14)23(26)19-31(27(32)36-31)21-35-39(10,33)34/h18,22-23,25-27,40-41H,15-17,19-21H2,1-14H3/t22-,23+,25?,26+,27?,31?,32+/m1/s1. The highest BCUT2D eigenvalue weighted by Crippen LogP contribution is 2.71. The summed E-state index contributed by atoms with van der Waals surface area (Å²) in [7, 11) is -6.47. The number of unbranched alkanes of at least 4 members (excludes halogenated alkanes) is 1. The molecule has 3 aliphatic rings. The van der Waals surface area contributed by atoms with Gasteiger partial charge >= 0.3 is 0 Å². The van der Waals surface area contributed by atoms with Gasteiger partial charge in [-0.25, -0.2) is 0 Å². The van der Waals surface area contributed by atoms with Crippen molar-refractivity contribution in [3.63, 3.8) is 0 Å². The monoisotopic (exact) mass is 630 g/mol. The van der Waals surface area contributed by atoms with Gasteiger partial charge in [0.15, 0.2) is 9.04 Å². The molecule has 0 aromatic rings. The Morgan fingerprint density at radius 2 is 1.63 bits per heavy atom. The van der Waals surface area contributed by atoms with E-state index in [4.69, 9.17) is 17.8 Å². The van der Waals surface area contributed by atoms with Crippen molar-refractivity contribution in [3.05, 3.63) is 11.8 Å². The molecule has 2 saturated carbocycles. The van der Waals surface area contributed by atoms with E-state index in [0.29, 0.717) is 11.8 Å². The molecule has 0 spiro atoms. The van der Waals surface area contributed by atoms with Gasteiger partial charge < -0.3 is 13.6 Å². The summed E-state index contributed by atoms with van der Waals surface area (Å²) in [6, 6.07) is 0. The molecule has 1 aliphatic heterocycles. The fourth-order valence-electron chi connectivity index (χ4n) is 8.43. The summed E-state index contributed by atoms with van der Waals surface area (Å²) in [5, 5.41) is 0. The van der Waals surface area contributed by atoms with Crippen molar-refractivity contribution in [3.8, 4) is 0 Å². The molecule has 0 aromatic carbocycles. The average molecular weight is 631 g/mol. The number of hydrogen-bond donors (Lipinski definition) is 0. The van der Waals surface area contributed by atoms with Gasteiger partial charge in [-0.05, 0) is 79.6 Å². The molecular weight excluding hydrogens is 569 g/mol. The molecule has 0 aromatic heterocycles. The molecule has 0 bridgehead atoms. The minimum absolute atomic E-state index is 0.0423. The summed E-state index contributed by atoms with van der Waals surface area (Å²) >= 11 is 0. The van der Waals surface area contributed by atoms with Gasteiger partial charge in [0.2, 0.25) is 9.04 Å². The van der Waals surface area contributed by atoms with E-state index in [-0.39, 0.29) is 40.8 Å². The molecule has 7 atom stereocenters. The molecule has 2 aliphatic carbocycles. The highest BCUT2D eigenvalue weighted by Gasteiger charge is 2.80. The first-order valence-electron chi connectivity index (χ1n) is 16.1. The summed E-state index contributed by atoms with van der Waals surface area (Å²) < 4.78 is 49.9. The van der Waals surface area contributed by atoms with Crippen molar-refractivity contribution in [2.24, 2.45) is 39.9 Å².